The van der Waals surface area contributed by atoms with E-state index in [1.54, 1.807) is 0 Å². The largest absolute Gasteiger partial charge is 0.289 e. The van der Waals surface area contributed by atoms with E-state index in [1.165, 1.54) is 31.7 Å². The van der Waals surface area contributed by atoms with E-state index in [0.717, 1.165) is 4.31 Å². The minimum atomic E-state index is -3.90. The smallest absolute Gasteiger partial charge is 0.244 e. The van der Waals surface area contributed by atoms with E-state index in [9.17, 15) is 13.2 Å². The van der Waals surface area contributed by atoms with Crippen molar-refractivity contribution in [2.75, 3.05) is 13.6 Å². The number of hydrogen-bond donors (Lipinski definition) is 0. The summed E-state index contributed by atoms with van der Waals surface area (Å²) in [6, 6.07) is 2.75. The molecule has 1 heterocycles. The van der Waals surface area contributed by atoms with Crippen LogP contribution in [0.2, 0.25) is 10.2 Å². The molecule has 0 aliphatic carbocycles. The predicted molar refractivity (Wildman–Crippen MR) is 75.1 cm³/mol. The molecular formula is C11H8Cl2N3O3S. The lowest BCUT2D eigenvalue weighted by atomic mass is 10.3. The Morgan fingerprint density at radius 1 is 1.35 bits per heavy atom. The molecule has 0 saturated heterocycles. The molecule has 1 aromatic carbocycles. The van der Waals surface area contributed by atoms with Crippen LogP contribution in [0, 0.1) is 0 Å². The zero-order chi connectivity index (χ0) is 14.9. The average Bonchev–Trinajstić information content (AvgIpc) is 2.38. The van der Waals surface area contributed by atoms with E-state index in [4.69, 9.17) is 23.2 Å². The van der Waals surface area contributed by atoms with Crippen LogP contribution in [0.15, 0.2) is 23.2 Å². The van der Waals surface area contributed by atoms with Gasteiger partial charge in [0.1, 0.15) is 15.6 Å². The van der Waals surface area contributed by atoms with E-state index in [-0.39, 0.29) is 27.1 Å². The van der Waals surface area contributed by atoms with Gasteiger partial charge in [0.2, 0.25) is 16.3 Å². The summed E-state index contributed by atoms with van der Waals surface area (Å²) in [5, 5.41) is 0.112. The van der Waals surface area contributed by atoms with Crippen LogP contribution in [-0.4, -0.2) is 42.6 Å². The third kappa shape index (κ3) is 2.62. The molecule has 0 unspecified atom stereocenters. The average molecular weight is 333 g/mol. The summed E-state index contributed by atoms with van der Waals surface area (Å²) in [5.41, 5.74) is 0.603. The van der Waals surface area contributed by atoms with Gasteiger partial charge in [0, 0.05) is 7.05 Å². The van der Waals surface area contributed by atoms with Crippen molar-refractivity contribution in [3.63, 3.8) is 0 Å². The Morgan fingerprint density at radius 3 is 2.70 bits per heavy atom. The van der Waals surface area contributed by atoms with E-state index < -0.39 is 10.0 Å². The number of hydrogen-bond acceptors (Lipinski definition) is 5. The van der Waals surface area contributed by atoms with Crippen LogP contribution < -0.4 is 0 Å². The monoisotopic (exact) mass is 332 g/mol. The Labute approximate surface area is 125 Å². The lowest BCUT2D eigenvalue weighted by Crippen LogP contribution is -2.28. The molecule has 0 spiro atoms. The Hall–Kier alpha value is -1.28. The highest BCUT2D eigenvalue weighted by molar-refractivity contribution is 7.89. The molecule has 1 aromatic heterocycles. The van der Waals surface area contributed by atoms with Gasteiger partial charge in [0.25, 0.3) is 0 Å². The van der Waals surface area contributed by atoms with Crippen molar-refractivity contribution < 1.29 is 13.2 Å². The minimum absolute atomic E-state index is 0.0654. The summed E-state index contributed by atoms with van der Waals surface area (Å²) < 4.78 is 25.3. The van der Waals surface area contributed by atoms with Crippen molar-refractivity contribution >= 4 is 50.5 Å². The molecule has 0 fully saturated rings. The van der Waals surface area contributed by atoms with Crippen LogP contribution in [-0.2, 0) is 14.8 Å². The normalized spacial score (nSPS) is 12.0. The second-order valence-electron chi connectivity index (χ2n) is 3.84. The number of likely N-dealkylation sites (N-methyl/N-ethyl adjacent to an activating group) is 1. The van der Waals surface area contributed by atoms with Gasteiger partial charge in [-0.2, -0.15) is 4.31 Å². The van der Waals surface area contributed by atoms with Crippen molar-refractivity contribution in [1.82, 2.24) is 14.3 Å². The van der Waals surface area contributed by atoms with Crippen molar-refractivity contribution in [2.45, 2.75) is 4.90 Å². The van der Waals surface area contributed by atoms with E-state index in [0.29, 0.717) is 5.52 Å². The molecule has 9 heteroatoms. The highest BCUT2D eigenvalue weighted by Crippen LogP contribution is 2.30. The molecule has 0 saturated carbocycles. The third-order valence-corrected chi connectivity index (χ3v) is 5.08. The van der Waals surface area contributed by atoms with Gasteiger partial charge in [-0.15, -0.1) is 0 Å². The molecule has 1 radical (unpaired) electrons. The molecule has 0 amide bonds. The van der Waals surface area contributed by atoms with Gasteiger partial charge in [-0.25, -0.2) is 18.4 Å². The van der Waals surface area contributed by atoms with Gasteiger partial charge in [-0.1, -0.05) is 23.2 Å². The number of fused-ring (bicyclic) bond motifs is 1. The molecule has 2 rings (SSSR count). The Bertz CT molecular complexity index is 780. The number of rotatable bonds is 4. The molecule has 0 bridgehead atoms. The van der Waals surface area contributed by atoms with E-state index in [2.05, 4.69) is 9.97 Å². The van der Waals surface area contributed by atoms with Crippen molar-refractivity contribution in [3.8, 4) is 0 Å². The molecule has 20 heavy (non-hydrogen) atoms. The molecule has 0 aliphatic rings. The highest BCUT2D eigenvalue weighted by atomic mass is 35.5. The topological polar surface area (TPSA) is 80.2 Å². The molecule has 0 N–H and O–H groups in total. The second kappa shape index (κ2) is 5.61. The Morgan fingerprint density at radius 2 is 2.05 bits per heavy atom. The molecule has 2 aromatic rings. The summed E-state index contributed by atoms with van der Waals surface area (Å²) in [6.45, 7) is -0.386. The maximum absolute atomic E-state index is 12.2. The number of benzene rings is 1. The number of carbonyl (C=O) groups excluding carboxylic acids is 1. The molecule has 6 nitrogen and oxygen atoms in total. The lowest BCUT2D eigenvalue weighted by Gasteiger charge is -2.15. The quantitative estimate of drug-likeness (QED) is 0.850. The molecule has 0 atom stereocenters. The van der Waals surface area contributed by atoms with Gasteiger partial charge < -0.3 is 0 Å². The summed E-state index contributed by atoms with van der Waals surface area (Å²) >= 11 is 11.8. The van der Waals surface area contributed by atoms with Gasteiger partial charge in [-0.05, 0) is 12.1 Å². The minimum Gasteiger partial charge on any atom is -0.289 e. The molecule has 0 aliphatic heterocycles. The van der Waals surface area contributed by atoms with Crippen LogP contribution in [0.1, 0.15) is 0 Å². The van der Waals surface area contributed by atoms with Crippen LogP contribution in [0.5, 0.6) is 0 Å². The fourth-order valence-corrected chi connectivity index (χ4v) is 3.32. The first-order valence-electron chi connectivity index (χ1n) is 5.30. The van der Waals surface area contributed by atoms with Crippen LogP contribution in [0.4, 0.5) is 0 Å². The zero-order valence-corrected chi connectivity index (χ0v) is 12.5. The summed E-state index contributed by atoms with van der Waals surface area (Å²) in [4.78, 5) is 18.1. The SMILES string of the molecule is CN(C[C]=O)S(=O)(=O)c1ccc2nc(Cl)cnc2c1Cl. The van der Waals surface area contributed by atoms with Crippen LogP contribution >= 0.6 is 23.2 Å². The standard InChI is InChI=1S/C11H8Cl2N3O3S/c1-16(4-5-17)20(18,19)8-3-2-7-11(10(8)13)14-6-9(12)15-7/h2-3,6H,4H2,1H3. The van der Waals surface area contributed by atoms with Gasteiger partial charge >= 0.3 is 0 Å². The predicted octanol–water partition coefficient (Wildman–Crippen LogP) is 1.67. The summed E-state index contributed by atoms with van der Waals surface area (Å²) in [7, 11) is -2.64. The van der Waals surface area contributed by atoms with Gasteiger partial charge in [0.05, 0.1) is 23.3 Å². The van der Waals surface area contributed by atoms with Crippen molar-refractivity contribution in [1.29, 1.82) is 0 Å². The van der Waals surface area contributed by atoms with Gasteiger partial charge in [-0.3, -0.25) is 4.79 Å². The maximum Gasteiger partial charge on any atom is 0.244 e. The Balaban J connectivity index is 2.64. The first kappa shape index (κ1) is 15.1. The Kier molecular flexibility index (Phi) is 4.24. The van der Waals surface area contributed by atoms with Crippen LogP contribution in [0.25, 0.3) is 11.0 Å². The number of nitrogens with zero attached hydrogens (tertiary/aromatic N) is 3. The fraction of sp³-hybridized carbons (Fsp3) is 0.182. The maximum atomic E-state index is 12.2. The first-order chi connectivity index (χ1) is 9.37. The number of sulfonamides is 1. The molecular weight excluding hydrogens is 325 g/mol. The first-order valence-corrected chi connectivity index (χ1v) is 7.49. The third-order valence-electron chi connectivity index (χ3n) is 2.56. The van der Waals surface area contributed by atoms with E-state index >= 15 is 0 Å². The number of aromatic nitrogens is 2. The highest BCUT2D eigenvalue weighted by Gasteiger charge is 2.25. The van der Waals surface area contributed by atoms with Gasteiger partial charge in [0.15, 0.2) is 0 Å². The molecule has 105 valence electrons. The second-order valence-corrected chi connectivity index (χ2v) is 6.62. The van der Waals surface area contributed by atoms with E-state index in [1.807, 2.05) is 0 Å². The lowest BCUT2D eigenvalue weighted by molar-refractivity contribution is 0.486. The fourth-order valence-electron chi connectivity index (χ4n) is 1.55. The van der Waals surface area contributed by atoms with Crippen molar-refractivity contribution in [2.24, 2.45) is 0 Å². The van der Waals surface area contributed by atoms with Crippen molar-refractivity contribution in [3.05, 3.63) is 28.5 Å². The summed E-state index contributed by atoms with van der Waals surface area (Å²) in [5.74, 6) is 0. The number of halogens is 2. The van der Waals surface area contributed by atoms with Crippen LogP contribution in [0.3, 0.4) is 0 Å². The summed E-state index contributed by atoms with van der Waals surface area (Å²) in [6.07, 6.45) is 2.79. The zero-order valence-electron chi connectivity index (χ0n) is 10.2.